The van der Waals surface area contributed by atoms with Crippen LogP contribution >= 0.6 is 11.8 Å². The fraction of sp³-hybridized carbons (Fsp3) is 0.0435. The van der Waals surface area contributed by atoms with Gasteiger partial charge in [0, 0.05) is 16.2 Å². The number of fused-ring (bicyclic) bond motifs is 1. The van der Waals surface area contributed by atoms with Gasteiger partial charge in [0.1, 0.15) is 0 Å². The van der Waals surface area contributed by atoms with Crippen molar-refractivity contribution in [2.75, 3.05) is 5.73 Å². The number of aromatic nitrogens is 5. The summed E-state index contributed by atoms with van der Waals surface area (Å²) in [5.41, 5.74) is 9.83. The van der Waals surface area contributed by atoms with Crippen LogP contribution in [0.3, 0.4) is 0 Å². The molecule has 0 atom stereocenters. The van der Waals surface area contributed by atoms with Gasteiger partial charge in [-0.1, -0.05) is 65.9 Å². The third kappa shape index (κ3) is 4.36. The van der Waals surface area contributed by atoms with E-state index in [0.29, 0.717) is 11.4 Å². The van der Waals surface area contributed by atoms with E-state index in [-0.39, 0.29) is 17.3 Å². The second kappa shape index (κ2) is 9.55. The number of benzene rings is 3. The van der Waals surface area contributed by atoms with Crippen molar-refractivity contribution in [1.82, 2.24) is 30.7 Å². The highest BCUT2D eigenvalue weighted by molar-refractivity contribution is 7.98. The molecule has 0 unspecified atom stereocenters. The van der Waals surface area contributed by atoms with Gasteiger partial charge in [-0.2, -0.15) is 9.78 Å². The lowest BCUT2D eigenvalue weighted by atomic mass is 10.1. The van der Waals surface area contributed by atoms with Gasteiger partial charge in [0.15, 0.2) is 5.69 Å². The predicted octanol–water partition coefficient (Wildman–Crippen LogP) is 3.44. The van der Waals surface area contributed by atoms with Gasteiger partial charge in [-0.3, -0.25) is 4.79 Å². The first-order chi connectivity index (χ1) is 16.7. The zero-order valence-electron chi connectivity index (χ0n) is 17.7. The molecule has 5 aromatic rings. The third-order valence-electron chi connectivity index (χ3n) is 4.99. The normalized spacial score (nSPS) is 11.3. The molecular weight excluding hydrogens is 452 g/mol. The second-order valence-corrected chi connectivity index (χ2v) is 8.19. The van der Waals surface area contributed by atoms with E-state index in [1.165, 1.54) is 16.4 Å². The molecule has 0 saturated heterocycles. The first-order valence-electron chi connectivity index (χ1n) is 10.2. The average Bonchev–Trinajstić information content (AvgIpc) is 3.49. The van der Waals surface area contributed by atoms with Crippen molar-refractivity contribution in [3.8, 4) is 5.82 Å². The number of nitrogens with zero attached hydrogens (tertiary/aromatic N) is 6. The van der Waals surface area contributed by atoms with E-state index in [4.69, 9.17) is 10.4 Å². The van der Waals surface area contributed by atoms with E-state index >= 15 is 0 Å². The molecule has 2 aromatic heterocycles. The van der Waals surface area contributed by atoms with Crippen molar-refractivity contribution < 1.29 is 9.42 Å². The average molecular weight is 471 g/mol. The van der Waals surface area contributed by atoms with E-state index in [9.17, 15) is 4.79 Å². The highest BCUT2D eigenvalue weighted by Crippen LogP contribution is 2.26. The first kappa shape index (κ1) is 21.3. The number of hydrogen-bond acceptors (Lipinski definition) is 9. The zero-order chi connectivity index (χ0) is 23.3. The molecule has 5 rings (SSSR count). The summed E-state index contributed by atoms with van der Waals surface area (Å²) in [6.07, 6.45) is 1.60. The van der Waals surface area contributed by atoms with Gasteiger partial charge in [-0.05, 0) is 33.2 Å². The highest BCUT2D eigenvalue weighted by atomic mass is 32.2. The number of carbonyl (C=O) groups is 1. The number of hydrogen-bond donors (Lipinski definition) is 2. The van der Waals surface area contributed by atoms with Crippen LogP contribution in [0.25, 0.3) is 16.6 Å². The molecule has 3 aromatic carbocycles. The Kier molecular flexibility index (Phi) is 5.99. The van der Waals surface area contributed by atoms with Crippen LogP contribution in [-0.4, -0.2) is 37.4 Å². The maximum atomic E-state index is 13.0. The van der Waals surface area contributed by atoms with Crippen LogP contribution in [0.4, 0.5) is 5.82 Å². The van der Waals surface area contributed by atoms with Crippen molar-refractivity contribution in [3.63, 3.8) is 0 Å². The Bertz CT molecular complexity index is 1470. The molecule has 0 fully saturated rings. The van der Waals surface area contributed by atoms with Crippen molar-refractivity contribution in [3.05, 3.63) is 89.7 Å². The van der Waals surface area contributed by atoms with Crippen LogP contribution in [0, 0.1) is 0 Å². The Balaban J connectivity index is 1.40. The number of nitrogen functional groups attached to an aromatic ring is 1. The van der Waals surface area contributed by atoms with Crippen molar-refractivity contribution >= 4 is 40.5 Å². The molecule has 0 aliphatic carbocycles. The van der Waals surface area contributed by atoms with Crippen LogP contribution in [0.5, 0.6) is 0 Å². The number of thioether (sulfide) groups is 1. The Morgan fingerprint density at radius 2 is 1.85 bits per heavy atom. The lowest BCUT2D eigenvalue weighted by molar-refractivity contribution is 0.0949. The molecule has 2 heterocycles. The monoisotopic (exact) mass is 470 g/mol. The number of anilines is 1. The number of rotatable bonds is 7. The van der Waals surface area contributed by atoms with Gasteiger partial charge >= 0.3 is 0 Å². The minimum atomic E-state index is -0.513. The predicted molar refractivity (Wildman–Crippen MR) is 129 cm³/mol. The molecule has 0 aliphatic heterocycles. The van der Waals surface area contributed by atoms with Gasteiger partial charge in [0.2, 0.25) is 11.6 Å². The lowest BCUT2D eigenvalue weighted by Gasteiger charge is -2.06. The number of carbonyl (C=O) groups excluding carboxylic acids is 1. The molecule has 3 N–H and O–H groups in total. The lowest BCUT2D eigenvalue weighted by Crippen LogP contribution is -2.20. The number of nitrogens with two attached hydrogens (primary N) is 1. The molecule has 0 bridgehead atoms. The van der Waals surface area contributed by atoms with Crippen LogP contribution in [0.15, 0.2) is 87.4 Å². The fourth-order valence-electron chi connectivity index (χ4n) is 3.36. The minimum Gasteiger partial charge on any atom is -0.378 e. The van der Waals surface area contributed by atoms with Gasteiger partial charge in [-0.25, -0.2) is 10.1 Å². The number of nitrogens with one attached hydrogen (secondary N) is 1. The molecule has 0 spiro atoms. The van der Waals surface area contributed by atoms with E-state index in [2.05, 4.69) is 31.2 Å². The highest BCUT2D eigenvalue weighted by Gasteiger charge is 2.24. The topological polar surface area (TPSA) is 137 Å². The quantitative estimate of drug-likeness (QED) is 0.210. The third-order valence-corrected chi connectivity index (χ3v) is 6.01. The van der Waals surface area contributed by atoms with Gasteiger partial charge < -0.3 is 5.73 Å². The Morgan fingerprint density at radius 3 is 2.68 bits per heavy atom. The van der Waals surface area contributed by atoms with Gasteiger partial charge in [0.05, 0.1) is 11.9 Å². The summed E-state index contributed by atoms with van der Waals surface area (Å²) >= 11 is 1.51. The van der Waals surface area contributed by atoms with Crippen molar-refractivity contribution in [2.24, 2.45) is 5.10 Å². The molecule has 0 radical (unpaired) electrons. The zero-order valence-corrected chi connectivity index (χ0v) is 18.5. The van der Waals surface area contributed by atoms with Crippen LogP contribution in [0.1, 0.15) is 21.7 Å². The Labute approximate surface area is 197 Å². The summed E-state index contributed by atoms with van der Waals surface area (Å²) in [7, 11) is 0. The second-order valence-electron chi connectivity index (χ2n) is 7.14. The van der Waals surface area contributed by atoms with E-state index in [0.717, 1.165) is 21.2 Å². The minimum absolute atomic E-state index is 0.0387. The molecule has 11 heteroatoms. The van der Waals surface area contributed by atoms with Gasteiger partial charge in [0.25, 0.3) is 5.91 Å². The summed E-state index contributed by atoms with van der Waals surface area (Å²) < 4.78 is 6.04. The van der Waals surface area contributed by atoms with Crippen molar-refractivity contribution in [1.29, 1.82) is 0 Å². The van der Waals surface area contributed by atoms with Crippen LogP contribution in [0.2, 0.25) is 0 Å². The molecule has 168 valence electrons. The molecule has 0 aliphatic rings. The maximum Gasteiger partial charge on any atom is 0.293 e. The molecular formula is C23H18N8O2S. The summed E-state index contributed by atoms with van der Waals surface area (Å²) in [6, 6.07) is 23.6. The van der Waals surface area contributed by atoms with Crippen LogP contribution < -0.4 is 11.2 Å². The summed E-state index contributed by atoms with van der Waals surface area (Å²) in [4.78, 5) is 14.0. The first-order valence-corrected chi connectivity index (χ1v) is 11.2. The molecule has 34 heavy (non-hydrogen) atoms. The van der Waals surface area contributed by atoms with E-state index in [1.807, 2.05) is 72.8 Å². The SMILES string of the molecule is Nc1nonc1-n1nnc(C(=O)N/N=C\c2cccc3ccccc23)c1CSc1ccccc1. The van der Waals surface area contributed by atoms with E-state index in [1.54, 1.807) is 6.21 Å². The molecule has 1 amide bonds. The number of amides is 1. The standard InChI is InChI=1S/C23H18N8O2S/c24-21-22(29-33-28-21)31-19(14-34-17-10-2-1-3-11-17)20(26-30-31)23(32)27-25-13-16-9-6-8-15-7-4-5-12-18(15)16/h1-13H,14H2,(H2,24,28)(H,27,32)/b25-13-. The number of hydrazone groups is 1. The summed E-state index contributed by atoms with van der Waals surface area (Å²) in [6.45, 7) is 0. The molecule has 0 saturated carbocycles. The molecule has 10 nitrogen and oxygen atoms in total. The summed E-state index contributed by atoms with van der Waals surface area (Å²) in [5, 5.41) is 21.7. The summed E-state index contributed by atoms with van der Waals surface area (Å²) in [5.74, 6) is 0.0618. The van der Waals surface area contributed by atoms with Crippen LogP contribution in [-0.2, 0) is 5.75 Å². The smallest absolute Gasteiger partial charge is 0.293 e. The van der Waals surface area contributed by atoms with Crippen molar-refractivity contribution in [2.45, 2.75) is 10.6 Å². The maximum absolute atomic E-state index is 13.0. The van der Waals surface area contributed by atoms with Gasteiger partial charge in [-0.15, -0.1) is 16.9 Å². The Morgan fingerprint density at radius 1 is 1.06 bits per heavy atom. The largest absolute Gasteiger partial charge is 0.378 e. The van der Waals surface area contributed by atoms with E-state index < -0.39 is 5.91 Å². The fourth-order valence-corrected chi connectivity index (χ4v) is 4.27. The Hall–Kier alpha value is -4.51.